The van der Waals surface area contributed by atoms with Gasteiger partial charge in [-0.05, 0) is 19.1 Å². The fourth-order valence-electron chi connectivity index (χ4n) is 2.54. The van der Waals surface area contributed by atoms with Crippen molar-refractivity contribution in [1.29, 1.82) is 0 Å². The maximum Gasteiger partial charge on any atom is 0.333 e. The SMILES string of the molecule is CCOC(=O)CN1C(=O)C2C(=O)Nc3ccccc3N2C1=O. The number of hydrogen-bond acceptors (Lipinski definition) is 5. The van der Waals surface area contributed by atoms with Crippen LogP contribution in [0.3, 0.4) is 0 Å². The first-order valence-corrected chi connectivity index (χ1v) is 6.74. The number of imide groups is 1. The molecule has 4 amide bonds. The first kappa shape index (κ1) is 14.1. The van der Waals surface area contributed by atoms with Crippen LogP contribution in [0.15, 0.2) is 24.3 Å². The van der Waals surface area contributed by atoms with E-state index in [0.717, 1.165) is 9.80 Å². The highest BCUT2D eigenvalue weighted by Crippen LogP contribution is 2.36. The lowest BCUT2D eigenvalue weighted by atomic mass is 10.1. The zero-order chi connectivity index (χ0) is 15.9. The predicted octanol–water partition coefficient (Wildman–Crippen LogP) is 0.339. The molecule has 0 aromatic heterocycles. The molecular weight excluding hydrogens is 290 g/mol. The maximum absolute atomic E-state index is 12.4. The van der Waals surface area contributed by atoms with Gasteiger partial charge in [0.1, 0.15) is 6.54 Å². The van der Waals surface area contributed by atoms with Crippen molar-refractivity contribution >= 4 is 35.2 Å². The molecule has 0 aliphatic carbocycles. The number of nitrogens with one attached hydrogen (secondary N) is 1. The summed E-state index contributed by atoms with van der Waals surface area (Å²) >= 11 is 0. The molecular formula is C14H13N3O5. The molecule has 1 saturated heterocycles. The van der Waals surface area contributed by atoms with Crippen molar-refractivity contribution in [3.8, 4) is 0 Å². The van der Waals surface area contributed by atoms with E-state index in [2.05, 4.69) is 5.32 Å². The van der Waals surface area contributed by atoms with Crippen LogP contribution in [-0.2, 0) is 19.1 Å². The number of nitrogens with zero attached hydrogens (tertiary/aromatic N) is 2. The monoisotopic (exact) mass is 303 g/mol. The zero-order valence-electron chi connectivity index (χ0n) is 11.7. The van der Waals surface area contributed by atoms with E-state index in [1.165, 1.54) is 0 Å². The highest BCUT2D eigenvalue weighted by Gasteiger charge is 2.53. The minimum absolute atomic E-state index is 0.144. The Morgan fingerprint density at radius 2 is 2.00 bits per heavy atom. The minimum atomic E-state index is -1.28. The van der Waals surface area contributed by atoms with Crippen LogP contribution in [-0.4, -0.2) is 47.9 Å². The molecule has 0 spiro atoms. The van der Waals surface area contributed by atoms with Gasteiger partial charge in [-0.2, -0.15) is 0 Å². The number of carbonyl (C=O) groups is 4. The predicted molar refractivity (Wildman–Crippen MR) is 75.1 cm³/mol. The second kappa shape index (κ2) is 5.14. The molecule has 0 radical (unpaired) electrons. The van der Waals surface area contributed by atoms with Crippen LogP contribution in [0, 0.1) is 0 Å². The number of benzene rings is 1. The second-order valence-corrected chi connectivity index (χ2v) is 4.79. The third kappa shape index (κ3) is 2.00. The van der Waals surface area contributed by atoms with E-state index < -0.39 is 36.4 Å². The van der Waals surface area contributed by atoms with Gasteiger partial charge >= 0.3 is 12.0 Å². The van der Waals surface area contributed by atoms with Gasteiger partial charge < -0.3 is 10.1 Å². The zero-order valence-corrected chi connectivity index (χ0v) is 11.7. The lowest BCUT2D eigenvalue weighted by Crippen LogP contribution is -2.48. The van der Waals surface area contributed by atoms with E-state index in [-0.39, 0.29) is 6.61 Å². The summed E-state index contributed by atoms with van der Waals surface area (Å²) in [7, 11) is 0. The van der Waals surface area contributed by atoms with E-state index in [1.807, 2.05) is 0 Å². The largest absolute Gasteiger partial charge is 0.465 e. The summed E-state index contributed by atoms with van der Waals surface area (Å²) in [5.74, 6) is -2.02. The molecule has 1 aromatic rings. The maximum atomic E-state index is 12.4. The summed E-state index contributed by atoms with van der Waals surface area (Å²) < 4.78 is 4.75. The van der Waals surface area contributed by atoms with Gasteiger partial charge in [-0.1, -0.05) is 12.1 Å². The summed E-state index contributed by atoms with van der Waals surface area (Å²) in [5, 5.41) is 2.58. The van der Waals surface area contributed by atoms with E-state index in [0.29, 0.717) is 11.4 Å². The van der Waals surface area contributed by atoms with E-state index in [4.69, 9.17) is 4.74 Å². The third-order valence-electron chi connectivity index (χ3n) is 3.46. The molecule has 1 unspecified atom stereocenters. The number of para-hydroxylation sites is 2. The number of rotatable bonds is 3. The van der Waals surface area contributed by atoms with Crippen molar-refractivity contribution in [2.75, 3.05) is 23.4 Å². The molecule has 1 fully saturated rings. The average molecular weight is 303 g/mol. The van der Waals surface area contributed by atoms with Crippen LogP contribution >= 0.6 is 0 Å². The van der Waals surface area contributed by atoms with Gasteiger partial charge in [-0.25, -0.2) is 4.79 Å². The summed E-state index contributed by atoms with van der Waals surface area (Å²) in [6.45, 7) is 1.26. The Hall–Kier alpha value is -2.90. The Morgan fingerprint density at radius 3 is 2.73 bits per heavy atom. The van der Waals surface area contributed by atoms with Crippen molar-refractivity contribution in [2.45, 2.75) is 13.0 Å². The molecule has 0 bridgehead atoms. The van der Waals surface area contributed by atoms with E-state index >= 15 is 0 Å². The number of anilines is 2. The van der Waals surface area contributed by atoms with Gasteiger partial charge in [0.05, 0.1) is 18.0 Å². The molecule has 0 saturated carbocycles. The molecule has 22 heavy (non-hydrogen) atoms. The number of fused-ring (bicyclic) bond motifs is 3. The molecule has 1 atom stereocenters. The molecule has 2 aliphatic heterocycles. The molecule has 1 N–H and O–H groups in total. The van der Waals surface area contributed by atoms with Crippen molar-refractivity contribution in [2.24, 2.45) is 0 Å². The summed E-state index contributed by atoms with van der Waals surface area (Å²) in [6.07, 6.45) is 0. The first-order valence-electron chi connectivity index (χ1n) is 6.74. The Bertz CT molecular complexity index is 687. The number of hydrogen-bond donors (Lipinski definition) is 1. The Balaban J connectivity index is 1.95. The first-order chi connectivity index (χ1) is 10.5. The summed E-state index contributed by atoms with van der Waals surface area (Å²) in [6, 6.07) is 4.68. The van der Waals surface area contributed by atoms with E-state index in [1.54, 1.807) is 31.2 Å². The van der Waals surface area contributed by atoms with Crippen molar-refractivity contribution < 1.29 is 23.9 Å². The molecule has 8 heteroatoms. The van der Waals surface area contributed by atoms with Crippen LogP contribution in [0.5, 0.6) is 0 Å². The van der Waals surface area contributed by atoms with Crippen LogP contribution in [0.25, 0.3) is 0 Å². The fourth-order valence-corrected chi connectivity index (χ4v) is 2.54. The number of amides is 4. The van der Waals surface area contributed by atoms with Crippen molar-refractivity contribution in [3.05, 3.63) is 24.3 Å². The molecule has 1 aromatic carbocycles. The fraction of sp³-hybridized carbons (Fsp3) is 0.286. The van der Waals surface area contributed by atoms with Crippen LogP contribution in [0.1, 0.15) is 6.92 Å². The standard InChI is InChI=1S/C14H13N3O5/c1-2-22-10(18)7-16-13(20)11-12(19)15-8-5-3-4-6-9(8)17(11)14(16)21/h3-6,11H,2,7H2,1H3,(H,15,19). The lowest BCUT2D eigenvalue weighted by molar-refractivity contribution is -0.147. The van der Waals surface area contributed by atoms with Crippen molar-refractivity contribution in [1.82, 2.24) is 4.90 Å². The van der Waals surface area contributed by atoms with Gasteiger partial charge in [0.25, 0.3) is 11.8 Å². The van der Waals surface area contributed by atoms with Crippen LogP contribution < -0.4 is 10.2 Å². The van der Waals surface area contributed by atoms with Gasteiger partial charge in [0, 0.05) is 0 Å². The highest BCUT2D eigenvalue weighted by molar-refractivity contribution is 6.29. The van der Waals surface area contributed by atoms with Gasteiger partial charge in [0.15, 0.2) is 6.04 Å². The molecule has 114 valence electrons. The Morgan fingerprint density at radius 1 is 1.27 bits per heavy atom. The lowest BCUT2D eigenvalue weighted by Gasteiger charge is -2.28. The highest BCUT2D eigenvalue weighted by atomic mass is 16.5. The van der Waals surface area contributed by atoms with Gasteiger partial charge in [-0.15, -0.1) is 0 Å². The second-order valence-electron chi connectivity index (χ2n) is 4.79. The molecule has 8 nitrogen and oxygen atoms in total. The molecule has 3 rings (SSSR count). The Kier molecular flexibility index (Phi) is 3.28. The quantitative estimate of drug-likeness (QED) is 0.493. The topological polar surface area (TPSA) is 96.0 Å². The number of esters is 1. The Labute approximate surface area is 125 Å². The van der Waals surface area contributed by atoms with Crippen molar-refractivity contribution in [3.63, 3.8) is 0 Å². The number of carbonyl (C=O) groups excluding carboxylic acids is 4. The van der Waals surface area contributed by atoms with Gasteiger partial charge in [-0.3, -0.25) is 24.2 Å². The van der Waals surface area contributed by atoms with E-state index in [9.17, 15) is 19.2 Å². The normalized spacial score (nSPS) is 19.7. The van der Waals surface area contributed by atoms with Crippen LogP contribution in [0.4, 0.5) is 16.2 Å². The van der Waals surface area contributed by atoms with Gasteiger partial charge in [0.2, 0.25) is 0 Å². The number of ether oxygens (including phenoxy) is 1. The molecule has 2 aliphatic rings. The summed E-state index contributed by atoms with van der Waals surface area (Å²) in [4.78, 5) is 50.2. The van der Waals surface area contributed by atoms with Crippen LogP contribution in [0.2, 0.25) is 0 Å². The average Bonchev–Trinajstić information content (AvgIpc) is 2.73. The number of urea groups is 1. The third-order valence-corrected chi connectivity index (χ3v) is 3.46. The minimum Gasteiger partial charge on any atom is -0.465 e. The smallest absolute Gasteiger partial charge is 0.333 e. The summed E-state index contributed by atoms with van der Waals surface area (Å²) in [5.41, 5.74) is 0.875. The molecule has 2 heterocycles.